The van der Waals surface area contributed by atoms with Gasteiger partial charge >= 0.3 is 0 Å². The number of nitrogens with zero attached hydrogens (tertiary/aromatic N) is 2. The second-order valence-corrected chi connectivity index (χ2v) is 4.58. The van der Waals surface area contributed by atoms with Crippen LogP contribution in [0.3, 0.4) is 0 Å². The highest BCUT2D eigenvalue weighted by atomic mass is 16.5. The molecule has 0 aliphatic heterocycles. The quantitative estimate of drug-likeness (QED) is 0.854. The van der Waals surface area contributed by atoms with Crippen LogP contribution in [-0.2, 0) is 17.6 Å². The van der Waals surface area contributed by atoms with Crippen molar-refractivity contribution in [2.75, 3.05) is 13.7 Å². The van der Waals surface area contributed by atoms with Gasteiger partial charge in [-0.3, -0.25) is 0 Å². The lowest BCUT2D eigenvalue weighted by molar-refractivity contribution is 0.0599. The Morgan fingerprint density at radius 3 is 2.74 bits per heavy atom. The minimum atomic E-state index is -0.613. The molecule has 102 valence electrons. The summed E-state index contributed by atoms with van der Waals surface area (Å²) in [5, 5.41) is 13.5. The first-order valence-electron chi connectivity index (χ1n) is 6.21. The SMILES string of the molecule is COCC(O)Cc1nc(Cc2ccc(C)cc2)no1. The number of rotatable bonds is 6. The lowest BCUT2D eigenvalue weighted by Gasteiger charge is -2.04. The molecular formula is C14H18N2O3. The molecule has 1 aromatic carbocycles. The molecule has 1 unspecified atom stereocenters. The first kappa shape index (κ1) is 13.7. The predicted molar refractivity (Wildman–Crippen MR) is 69.9 cm³/mol. The zero-order chi connectivity index (χ0) is 13.7. The molecule has 1 N–H and O–H groups in total. The molecule has 0 aliphatic rings. The van der Waals surface area contributed by atoms with Gasteiger partial charge < -0.3 is 14.4 Å². The number of methoxy groups -OCH3 is 1. The smallest absolute Gasteiger partial charge is 0.229 e. The van der Waals surface area contributed by atoms with Gasteiger partial charge in [0.1, 0.15) is 0 Å². The van der Waals surface area contributed by atoms with Crippen molar-refractivity contribution in [1.29, 1.82) is 0 Å². The van der Waals surface area contributed by atoms with Crippen LogP contribution in [0.5, 0.6) is 0 Å². The molecule has 19 heavy (non-hydrogen) atoms. The van der Waals surface area contributed by atoms with E-state index >= 15 is 0 Å². The Morgan fingerprint density at radius 1 is 1.32 bits per heavy atom. The van der Waals surface area contributed by atoms with Crippen molar-refractivity contribution < 1.29 is 14.4 Å². The molecule has 0 amide bonds. The molecule has 0 bridgehead atoms. The van der Waals surface area contributed by atoms with Crippen molar-refractivity contribution in [1.82, 2.24) is 10.1 Å². The largest absolute Gasteiger partial charge is 0.390 e. The van der Waals surface area contributed by atoms with E-state index in [4.69, 9.17) is 9.26 Å². The summed E-state index contributed by atoms with van der Waals surface area (Å²) in [7, 11) is 1.54. The lowest BCUT2D eigenvalue weighted by atomic mass is 10.1. The number of aromatic nitrogens is 2. The Bertz CT molecular complexity index is 508. The number of ether oxygens (including phenoxy) is 1. The molecule has 1 heterocycles. The third kappa shape index (κ3) is 4.15. The van der Waals surface area contributed by atoms with E-state index in [2.05, 4.69) is 22.3 Å². The van der Waals surface area contributed by atoms with Crippen LogP contribution in [0.2, 0.25) is 0 Å². The third-order valence-electron chi connectivity index (χ3n) is 2.76. The Morgan fingerprint density at radius 2 is 2.05 bits per heavy atom. The maximum absolute atomic E-state index is 9.58. The zero-order valence-electron chi connectivity index (χ0n) is 11.2. The summed E-state index contributed by atoms with van der Waals surface area (Å²) in [6.07, 6.45) is 0.330. The van der Waals surface area contributed by atoms with Crippen molar-refractivity contribution in [2.24, 2.45) is 0 Å². The summed E-state index contributed by atoms with van der Waals surface area (Å²) < 4.78 is 9.95. The van der Waals surface area contributed by atoms with E-state index in [1.807, 2.05) is 19.1 Å². The molecule has 0 aliphatic carbocycles. The maximum Gasteiger partial charge on any atom is 0.229 e. The molecule has 0 spiro atoms. The highest BCUT2D eigenvalue weighted by Crippen LogP contribution is 2.09. The van der Waals surface area contributed by atoms with E-state index < -0.39 is 6.10 Å². The molecule has 2 aromatic rings. The summed E-state index contributed by atoms with van der Waals surface area (Å²) in [5.74, 6) is 1.06. The topological polar surface area (TPSA) is 68.4 Å². The molecule has 1 atom stereocenters. The Kier molecular flexibility index (Phi) is 4.65. The van der Waals surface area contributed by atoms with Gasteiger partial charge in [-0.05, 0) is 12.5 Å². The van der Waals surface area contributed by atoms with Gasteiger partial charge in [0.25, 0.3) is 0 Å². The van der Waals surface area contributed by atoms with E-state index in [0.29, 0.717) is 24.6 Å². The standard InChI is InChI=1S/C14H18N2O3/c1-10-3-5-11(6-4-10)7-13-15-14(19-16-13)8-12(17)9-18-2/h3-6,12,17H,7-9H2,1-2H3. The predicted octanol–water partition coefficient (Wildman–Crippen LogP) is 1.52. The van der Waals surface area contributed by atoms with E-state index in [-0.39, 0.29) is 6.61 Å². The number of benzene rings is 1. The van der Waals surface area contributed by atoms with Crippen LogP contribution in [0, 0.1) is 6.92 Å². The molecule has 0 saturated heterocycles. The Balaban J connectivity index is 1.95. The van der Waals surface area contributed by atoms with Crippen LogP contribution in [0.25, 0.3) is 0 Å². The summed E-state index contributed by atoms with van der Waals surface area (Å²) in [5.41, 5.74) is 2.36. The van der Waals surface area contributed by atoms with Crippen molar-refractivity contribution in [2.45, 2.75) is 25.9 Å². The molecule has 1 aromatic heterocycles. The Labute approximate surface area is 112 Å². The van der Waals surface area contributed by atoms with Crippen molar-refractivity contribution in [3.8, 4) is 0 Å². The molecule has 0 fully saturated rings. The van der Waals surface area contributed by atoms with E-state index in [0.717, 1.165) is 5.56 Å². The molecule has 5 heteroatoms. The maximum atomic E-state index is 9.58. The number of aliphatic hydroxyl groups excluding tert-OH is 1. The molecule has 5 nitrogen and oxygen atoms in total. The van der Waals surface area contributed by atoms with Crippen molar-refractivity contribution in [3.05, 3.63) is 47.1 Å². The fourth-order valence-electron chi connectivity index (χ4n) is 1.79. The van der Waals surface area contributed by atoms with Crippen LogP contribution < -0.4 is 0 Å². The van der Waals surface area contributed by atoms with Gasteiger partial charge in [0.2, 0.25) is 5.89 Å². The zero-order valence-corrected chi connectivity index (χ0v) is 11.2. The number of aryl methyl sites for hydroxylation is 1. The van der Waals surface area contributed by atoms with Crippen LogP contribution in [0.4, 0.5) is 0 Å². The third-order valence-corrected chi connectivity index (χ3v) is 2.76. The Hall–Kier alpha value is -1.72. The summed E-state index contributed by atoms with van der Waals surface area (Å²) in [6, 6.07) is 8.20. The monoisotopic (exact) mass is 262 g/mol. The van der Waals surface area contributed by atoms with Crippen LogP contribution >= 0.6 is 0 Å². The average Bonchev–Trinajstić information content (AvgIpc) is 2.80. The van der Waals surface area contributed by atoms with E-state index in [9.17, 15) is 5.11 Å². The first-order chi connectivity index (χ1) is 9.17. The molecule has 0 radical (unpaired) electrons. The van der Waals surface area contributed by atoms with Gasteiger partial charge in [-0.2, -0.15) is 4.98 Å². The first-order valence-corrected chi connectivity index (χ1v) is 6.21. The van der Waals surface area contributed by atoms with Crippen LogP contribution in [0.15, 0.2) is 28.8 Å². The van der Waals surface area contributed by atoms with Gasteiger partial charge in [-0.1, -0.05) is 35.0 Å². The average molecular weight is 262 g/mol. The minimum Gasteiger partial charge on any atom is -0.390 e. The molecule has 2 rings (SSSR count). The fraction of sp³-hybridized carbons (Fsp3) is 0.429. The van der Waals surface area contributed by atoms with Gasteiger partial charge in [-0.25, -0.2) is 0 Å². The van der Waals surface area contributed by atoms with Crippen LogP contribution in [0.1, 0.15) is 22.8 Å². The fourth-order valence-corrected chi connectivity index (χ4v) is 1.79. The van der Waals surface area contributed by atoms with Gasteiger partial charge in [-0.15, -0.1) is 0 Å². The molecule has 0 saturated carbocycles. The lowest BCUT2D eigenvalue weighted by Crippen LogP contribution is -2.17. The minimum absolute atomic E-state index is 0.260. The van der Waals surface area contributed by atoms with E-state index in [1.54, 1.807) is 7.11 Å². The molecular weight excluding hydrogens is 244 g/mol. The number of hydrogen-bond acceptors (Lipinski definition) is 5. The summed E-state index contributed by atoms with van der Waals surface area (Å²) in [6.45, 7) is 2.31. The highest BCUT2D eigenvalue weighted by molar-refractivity contribution is 5.23. The van der Waals surface area contributed by atoms with Gasteiger partial charge in [0, 0.05) is 13.5 Å². The normalized spacial score (nSPS) is 12.6. The second-order valence-electron chi connectivity index (χ2n) is 4.58. The van der Waals surface area contributed by atoms with Crippen molar-refractivity contribution >= 4 is 0 Å². The highest BCUT2D eigenvalue weighted by Gasteiger charge is 2.12. The second kappa shape index (κ2) is 6.45. The van der Waals surface area contributed by atoms with Gasteiger partial charge in [0.15, 0.2) is 5.82 Å². The van der Waals surface area contributed by atoms with Gasteiger partial charge in [0.05, 0.1) is 19.1 Å². The number of aliphatic hydroxyl groups is 1. The van der Waals surface area contributed by atoms with E-state index in [1.165, 1.54) is 5.56 Å². The van der Waals surface area contributed by atoms with Crippen LogP contribution in [-0.4, -0.2) is 35.1 Å². The summed E-state index contributed by atoms with van der Waals surface area (Å²) >= 11 is 0. The number of hydrogen-bond donors (Lipinski definition) is 1. The van der Waals surface area contributed by atoms with Crippen molar-refractivity contribution in [3.63, 3.8) is 0 Å². The summed E-state index contributed by atoms with van der Waals surface area (Å²) in [4.78, 5) is 4.26.